The van der Waals surface area contributed by atoms with Crippen LogP contribution in [0.3, 0.4) is 0 Å². The maximum absolute atomic E-state index is 12.6. The number of carbonyl (C=O) groups is 2. The number of nitrogens with one attached hydrogen (secondary N) is 1. The molecule has 2 N–H and O–H groups in total. The summed E-state index contributed by atoms with van der Waals surface area (Å²) in [4.78, 5) is 23.6. The number of rotatable bonds is 7. The van der Waals surface area contributed by atoms with Crippen LogP contribution in [0.5, 0.6) is 11.5 Å². The van der Waals surface area contributed by atoms with Gasteiger partial charge in [-0.1, -0.05) is 18.2 Å². The number of carboxylic acids is 1. The van der Waals surface area contributed by atoms with Gasteiger partial charge in [-0.15, -0.1) is 0 Å². The lowest BCUT2D eigenvalue weighted by Gasteiger charge is -2.12. The van der Waals surface area contributed by atoms with Gasteiger partial charge in [-0.25, -0.2) is 0 Å². The molecule has 0 radical (unpaired) electrons. The molecule has 2 aromatic rings. The number of benzene rings is 2. The molecule has 1 saturated carbocycles. The summed E-state index contributed by atoms with van der Waals surface area (Å²) in [5.74, 6) is 0.298. The number of aliphatic carboxylic acids is 1. The molecule has 0 bridgehead atoms. The average molecular weight is 355 g/mol. The lowest BCUT2D eigenvalue weighted by atomic mass is 10.1. The lowest BCUT2D eigenvalue weighted by molar-refractivity contribution is -0.136. The van der Waals surface area contributed by atoms with E-state index in [1.54, 1.807) is 38.5 Å². The molecule has 2 aromatic carbocycles. The zero-order valence-electron chi connectivity index (χ0n) is 14.7. The van der Waals surface area contributed by atoms with Crippen molar-refractivity contribution in [2.24, 2.45) is 5.92 Å². The molecule has 0 saturated heterocycles. The number of ether oxygens (including phenoxy) is 2. The van der Waals surface area contributed by atoms with Gasteiger partial charge >= 0.3 is 5.97 Å². The van der Waals surface area contributed by atoms with E-state index in [0.717, 1.165) is 23.5 Å². The fraction of sp³-hybridized carbons (Fsp3) is 0.300. The second-order valence-electron chi connectivity index (χ2n) is 6.27. The molecule has 6 heteroatoms. The van der Waals surface area contributed by atoms with Gasteiger partial charge in [0.2, 0.25) is 5.91 Å². The Balaban J connectivity index is 1.74. The number of anilines is 1. The molecule has 3 rings (SSSR count). The Hall–Kier alpha value is -3.02. The quantitative estimate of drug-likeness (QED) is 0.797. The van der Waals surface area contributed by atoms with Gasteiger partial charge in [-0.3, -0.25) is 9.59 Å². The first kappa shape index (κ1) is 17.8. The molecule has 0 heterocycles. The Labute approximate surface area is 151 Å². The molecule has 1 amide bonds. The highest BCUT2D eigenvalue weighted by atomic mass is 16.5. The lowest BCUT2D eigenvalue weighted by Crippen LogP contribution is -2.16. The normalized spacial score (nSPS) is 18.1. The van der Waals surface area contributed by atoms with Gasteiger partial charge in [0.15, 0.2) is 0 Å². The molecule has 1 fully saturated rings. The minimum atomic E-state index is -0.933. The predicted octanol–water partition coefficient (Wildman–Crippen LogP) is 3.07. The number of carboxylic acid groups (broad SMARTS) is 1. The minimum absolute atomic E-state index is 0.0617. The summed E-state index contributed by atoms with van der Waals surface area (Å²) >= 11 is 0. The zero-order valence-corrected chi connectivity index (χ0v) is 14.7. The van der Waals surface area contributed by atoms with Crippen LogP contribution in [0.4, 0.5) is 5.69 Å². The third-order valence-electron chi connectivity index (χ3n) is 4.58. The molecule has 0 aliphatic heterocycles. The fourth-order valence-electron chi connectivity index (χ4n) is 3.14. The number of amides is 1. The second kappa shape index (κ2) is 7.47. The molecule has 6 nitrogen and oxygen atoms in total. The first-order valence-corrected chi connectivity index (χ1v) is 8.36. The van der Waals surface area contributed by atoms with E-state index >= 15 is 0 Å². The maximum atomic E-state index is 12.6. The van der Waals surface area contributed by atoms with Crippen LogP contribution < -0.4 is 14.8 Å². The van der Waals surface area contributed by atoms with E-state index in [0.29, 0.717) is 11.3 Å². The van der Waals surface area contributed by atoms with Crippen molar-refractivity contribution in [3.8, 4) is 11.5 Å². The van der Waals surface area contributed by atoms with Crippen molar-refractivity contribution in [2.45, 2.75) is 18.8 Å². The molecule has 1 aliphatic carbocycles. The molecule has 136 valence electrons. The van der Waals surface area contributed by atoms with Crippen LogP contribution in [-0.2, 0) is 16.0 Å². The van der Waals surface area contributed by atoms with E-state index in [1.807, 2.05) is 18.2 Å². The molecular weight excluding hydrogens is 334 g/mol. The van der Waals surface area contributed by atoms with Gasteiger partial charge in [0, 0.05) is 23.1 Å². The van der Waals surface area contributed by atoms with Crippen molar-refractivity contribution in [1.29, 1.82) is 0 Å². The van der Waals surface area contributed by atoms with Crippen LogP contribution in [0.25, 0.3) is 0 Å². The molecule has 26 heavy (non-hydrogen) atoms. The SMILES string of the molecule is COc1ccc(OC)c(C2CC2C(=O)Nc2ccccc2CC(=O)O)c1. The monoisotopic (exact) mass is 355 g/mol. The number of methoxy groups -OCH3 is 2. The first-order valence-electron chi connectivity index (χ1n) is 8.36. The summed E-state index contributed by atoms with van der Waals surface area (Å²) in [6.07, 6.45) is 0.588. The standard InChI is InChI=1S/C20H21NO5/c1-25-13-7-8-18(26-2)15(10-13)14-11-16(14)20(24)21-17-6-4-3-5-12(17)9-19(22)23/h3-8,10,14,16H,9,11H2,1-2H3,(H,21,24)(H,22,23). The summed E-state index contributed by atoms with van der Waals surface area (Å²) in [6, 6.07) is 12.5. The predicted molar refractivity (Wildman–Crippen MR) is 96.8 cm³/mol. The summed E-state index contributed by atoms with van der Waals surface area (Å²) in [6.45, 7) is 0. The van der Waals surface area contributed by atoms with Gasteiger partial charge in [0.1, 0.15) is 11.5 Å². The Bertz CT molecular complexity index is 833. The number of hydrogen-bond donors (Lipinski definition) is 2. The molecule has 1 aliphatic rings. The highest BCUT2D eigenvalue weighted by Gasteiger charge is 2.45. The fourth-order valence-corrected chi connectivity index (χ4v) is 3.14. The molecule has 0 spiro atoms. The molecular formula is C20H21NO5. The number of hydrogen-bond acceptors (Lipinski definition) is 4. The first-order chi connectivity index (χ1) is 12.5. The van der Waals surface area contributed by atoms with Gasteiger partial charge in [0.05, 0.1) is 20.6 Å². The van der Waals surface area contributed by atoms with Gasteiger partial charge in [-0.05, 0) is 36.2 Å². The van der Waals surface area contributed by atoms with E-state index in [2.05, 4.69) is 5.32 Å². The van der Waals surface area contributed by atoms with Crippen LogP contribution in [0.15, 0.2) is 42.5 Å². The molecule has 0 aromatic heterocycles. The van der Waals surface area contributed by atoms with Crippen LogP contribution in [-0.4, -0.2) is 31.2 Å². The summed E-state index contributed by atoms with van der Waals surface area (Å²) in [5, 5.41) is 11.9. The van der Waals surface area contributed by atoms with E-state index in [9.17, 15) is 9.59 Å². The van der Waals surface area contributed by atoms with E-state index in [-0.39, 0.29) is 24.2 Å². The van der Waals surface area contributed by atoms with E-state index < -0.39 is 5.97 Å². The molecule has 2 atom stereocenters. The third kappa shape index (κ3) is 3.79. The van der Waals surface area contributed by atoms with Crippen LogP contribution >= 0.6 is 0 Å². The Morgan fingerprint density at radius 1 is 1.15 bits per heavy atom. The summed E-state index contributed by atoms with van der Waals surface area (Å²) in [7, 11) is 3.20. The minimum Gasteiger partial charge on any atom is -0.497 e. The smallest absolute Gasteiger partial charge is 0.307 e. The Kier molecular flexibility index (Phi) is 5.11. The number of para-hydroxylation sites is 1. The van der Waals surface area contributed by atoms with Crippen molar-refractivity contribution in [3.05, 3.63) is 53.6 Å². The largest absolute Gasteiger partial charge is 0.497 e. The van der Waals surface area contributed by atoms with Gasteiger partial charge in [-0.2, -0.15) is 0 Å². The molecule has 2 unspecified atom stereocenters. The van der Waals surface area contributed by atoms with Crippen LogP contribution in [0.2, 0.25) is 0 Å². The van der Waals surface area contributed by atoms with Crippen molar-refractivity contribution in [1.82, 2.24) is 0 Å². The third-order valence-corrected chi connectivity index (χ3v) is 4.58. The van der Waals surface area contributed by atoms with Gasteiger partial charge < -0.3 is 19.9 Å². The van der Waals surface area contributed by atoms with Crippen molar-refractivity contribution >= 4 is 17.6 Å². The maximum Gasteiger partial charge on any atom is 0.307 e. The van der Waals surface area contributed by atoms with E-state index in [4.69, 9.17) is 14.6 Å². The number of carbonyl (C=O) groups excluding carboxylic acids is 1. The zero-order chi connectivity index (χ0) is 18.7. The Morgan fingerprint density at radius 2 is 1.92 bits per heavy atom. The highest BCUT2D eigenvalue weighted by Crippen LogP contribution is 2.51. The second-order valence-corrected chi connectivity index (χ2v) is 6.27. The summed E-state index contributed by atoms with van der Waals surface area (Å²) < 4.78 is 10.7. The topological polar surface area (TPSA) is 84.9 Å². The van der Waals surface area contributed by atoms with Crippen LogP contribution in [0.1, 0.15) is 23.5 Å². The highest BCUT2D eigenvalue weighted by molar-refractivity contribution is 5.96. The van der Waals surface area contributed by atoms with Crippen molar-refractivity contribution < 1.29 is 24.2 Å². The average Bonchev–Trinajstić information content (AvgIpc) is 3.43. The van der Waals surface area contributed by atoms with E-state index in [1.165, 1.54) is 0 Å². The van der Waals surface area contributed by atoms with Crippen molar-refractivity contribution in [3.63, 3.8) is 0 Å². The Morgan fingerprint density at radius 3 is 2.62 bits per heavy atom. The van der Waals surface area contributed by atoms with Crippen molar-refractivity contribution in [2.75, 3.05) is 19.5 Å². The van der Waals surface area contributed by atoms with Gasteiger partial charge in [0.25, 0.3) is 0 Å². The summed E-state index contributed by atoms with van der Waals surface area (Å²) in [5.41, 5.74) is 2.08. The van der Waals surface area contributed by atoms with Crippen LogP contribution in [0, 0.1) is 5.92 Å².